The van der Waals surface area contributed by atoms with E-state index in [-0.39, 0.29) is 43.6 Å². The zero-order chi connectivity index (χ0) is 30.5. The molecule has 14 heteroatoms. The maximum absolute atomic E-state index is 13.3. The predicted octanol–water partition coefficient (Wildman–Crippen LogP) is 3.89. The Bertz CT molecular complexity index is 1230. The third-order valence-corrected chi connectivity index (χ3v) is 6.90. The molecule has 11 nitrogen and oxygen atoms in total. The van der Waals surface area contributed by atoms with Gasteiger partial charge in [-0.3, -0.25) is 9.59 Å². The van der Waals surface area contributed by atoms with E-state index in [1.54, 1.807) is 27.8 Å². The number of nitrogens with one attached hydrogen (secondary N) is 2. The number of anilines is 2. The Morgan fingerprint density at radius 1 is 1.27 bits per heavy atom. The third kappa shape index (κ3) is 8.59. The van der Waals surface area contributed by atoms with Crippen molar-refractivity contribution in [2.45, 2.75) is 65.3 Å². The molecule has 0 unspecified atom stereocenters. The van der Waals surface area contributed by atoms with Crippen LogP contribution in [0.3, 0.4) is 0 Å². The highest BCUT2D eigenvalue weighted by Crippen LogP contribution is 2.30. The van der Waals surface area contributed by atoms with Crippen LogP contribution < -0.4 is 15.4 Å². The van der Waals surface area contributed by atoms with E-state index < -0.39 is 43.1 Å². The van der Waals surface area contributed by atoms with Crippen LogP contribution in [-0.2, 0) is 16.0 Å². The molecule has 0 bridgehead atoms. The molecule has 226 valence electrons. The quantitative estimate of drug-likeness (QED) is 0.429. The van der Waals surface area contributed by atoms with Gasteiger partial charge in [0.25, 0.3) is 0 Å². The van der Waals surface area contributed by atoms with Gasteiger partial charge in [0, 0.05) is 37.2 Å². The minimum Gasteiger partial charge on any atom is -0.488 e. The van der Waals surface area contributed by atoms with Gasteiger partial charge in [-0.2, -0.15) is 13.2 Å². The number of ether oxygens (including phenoxy) is 1. The molecule has 1 aromatic heterocycles. The third-order valence-electron chi connectivity index (χ3n) is 6.90. The second-order valence-corrected chi connectivity index (χ2v) is 10.4. The Morgan fingerprint density at radius 2 is 1.98 bits per heavy atom. The summed E-state index contributed by atoms with van der Waals surface area (Å²) >= 11 is 0. The van der Waals surface area contributed by atoms with Crippen LogP contribution in [0.5, 0.6) is 5.75 Å². The molecule has 3 atom stereocenters. The molecule has 1 aliphatic rings. The van der Waals surface area contributed by atoms with E-state index in [2.05, 4.69) is 15.8 Å². The Balaban J connectivity index is 1.85. The summed E-state index contributed by atoms with van der Waals surface area (Å²) in [4.78, 5) is 41.3. The molecule has 0 spiro atoms. The standard InChI is InChI=1S/C27H36F3N5O6/c1-15-12-35(16(2)14-36)24(38)11-19-10-20(31-23(37)8-9-27(28,29)30)6-7-21(19)40-22(15)13-34(5)26(39)32-25-17(3)33-41-18(25)4/h6-7,10,15-16,22,36H,8-9,11-14H2,1-5H3,(H,31,37)(H,32,39)/t15-,16-,22-/m1/s1. The van der Waals surface area contributed by atoms with Gasteiger partial charge in [-0.25, -0.2) is 4.79 Å². The first kappa shape index (κ1) is 31.7. The van der Waals surface area contributed by atoms with Crippen molar-refractivity contribution in [2.24, 2.45) is 5.92 Å². The van der Waals surface area contributed by atoms with E-state index in [9.17, 15) is 32.7 Å². The van der Waals surface area contributed by atoms with E-state index in [4.69, 9.17) is 9.26 Å². The number of benzene rings is 1. The number of urea groups is 1. The molecule has 3 rings (SSSR count). The first-order valence-electron chi connectivity index (χ1n) is 13.2. The molecule has 1 aliphatic heterocycles. The van der Waals surface area contributed by atoms with Crippen molar-refractivity contribution in [3.05, 3.63) is 35.2 Å². The molecule has 1 aromatic carbocycles. The Kier molecular flexibility index (Phi) is 10.2. The fourth-order valence-electron chi connectivity index (χ4n) is 4.42. The molecule has 4 amide bonds. The molecule has 41 heavy (non-hydrogen) atoms. The SMILES string of the molecule is Cc1noc(C)c1NC(=O)N(C)C[C@H]1Oc2ccc(NC(=O)CCC(F)(F)F)cc2CC(=O)N([C@H](C)CO)C[C@H]1C. The molecule has 3 N–H and O–H groups in total. The number of nitrogens with zero attached hydrogens (tertiary/aromatic N) is 3. The number of aromatic nitrogens is 1. The summed E-state index contributed by atoms with van der Waals surface area (Å²) < 4.78 is 49.0. The van der Waals surface area contributed by atoms with Crippen LogP contribution >= 0.6 is 0 Å². The number of halogens is 3. The van der Waals surface area contributed by atoms with E-state index in [0.29, 0.717) is 28.5 Å². The Morgan fingerprint density at radius 3 is 2.59 bits per heavy atom. The zero-order valence-electron chi connectivity index (χ0n) is 23.7. The van der Waals surface area contributed by atoms with Gasteiger partial charge < -0.3 is 34.8 Å². The second kappa shape index (κ2) is 13.2. The van der Waals surface area contributed by atoms with Crippen LogP contribution in [0.25, 0.3) is 0 Å². The molecule has 2 aromatic rings. The summed E-state index contributed by atoms with van der Waals surface area (Å²) in [5.74, 6) is -0.602. The fraction of sp³-hybridized carbons (Fsp3) is 0.556. The van der Waals surface area contributed by atoms with Crippen LogP contribution in [0, 0.1) is 19.8 Å². The van der Waals surface area contributed by atoms with Crippen molar-refractivity contribution in [3.63, 3.8) is 0 Å². The number of carbonyl (C=O) groups is 3. The number of amides is 4. The lowest BCUT2D eigenvalue weighted by atomic mass is 10.0. The van der Waals surface area contributed by atoms with Gasteiger partial charge in [-0.05, 0) is 39.0 Å². The molecule has 0 radical (unpaired) electrons. The number of carbonyl (C=O) groups excluding carboxylic acids is 3. The molecule has 0 saturated heterocycles. The zero-order valence-corrected chi connectivity index (χ0v) is 23.7. The minimum atomic E-state index is -4.46. The van der Waals surface area contributed by atoms with Gasteiger partial charge in [0.05, 0.1) is 32.0 Å². The van der Waals surface area contributed by atoms with Gasteiger partial charge in [0.15, 0.2) is 5.76 Å². The lowest BCUT2D eigenvalue weighted by Gasteiger charge is -2.34. The van der Waals surface area contributed by atoms with Crippen molar-refractivity contribution >= 4 is 29.2 Å². The lowest BCUT2D eigenvalue weighted by Crippen LogP contribution is -2.48. The predicted molar refractivity (Wildman–Crippen MR) is 144 cm³/mol. The lowest BCUT2D eigenvalue weighted by molar-refractivity contribution is -0.142. The fourth-order valence-corrected chi connectivity index (χ4v) is 4.42. The van der Waals surface area contributed by atoms with Crippen molar-refractivity contribution in [1.82, 2.24) is 15.0 Å². The average molecular weight is 584 g/mol. The highest BCUT2D eigenvalue weighted by Gasteiger charge is 2.32. The average Bonchev–Trinajstić information content (AvgIpc) is 3.23. The monoisotopic (exact) mass is 583 g/mol. The first-order chi connectivity index (χ1) is 19.2. The number of fused-ring (bicyclic) bond motifs is 1. The minimum absolute atomic E-state index is 0.126. The number of aryl methyl sites for hydroxylation is 2. The number of hydrogen-bond donors (Lipinski definition) is 3. The van der Waals surface area contributed by atoms with Crippen LogP contribution in [0.4, 0.5) is 29.3 Å². The summed E-state index contributed by atoms with van der Waals surface area (Å²) in [6.07, 6.45) is -7.18. The van der Waals surface area contributed by atoms with Crippen molar-refractivity contribution in [2.75, 3.05) is 37.4 Å². The number of likely N-dealkylation sites (N-methyl/N-ethyl adjacent to an activating group) is 1. The smallest absolute Gasteiger partial charge is 0.389 e. The van der Waals surface area contributed by atoms with E-state index >= 15 is 0 Å². The first-order valence-corrected chi connectivity index (χ1v) is 13.2. The van der Waals surface area contributed by atoms with Gasteiger partial charge in [-0.1, -0.05) is 12.1 Å². The summed E-state index contributed by atoms with van der Waals surface area (Å²) in [6, 6.07) is 3.58. The van der Waals surface area contributed by atoms with Gasteiger partial charge in [0.1, 0.15) is 23.2 Å². The van der Waals surface area contributed by atoms with Crippen LogP contribution in [-0.4, -0.2) is 83.0 Å². The molecule has 0 aliphatic carbocycles. The molecule has 2 heterocycles. The second-order valence-electron chi connectivity index (χ2n) is 10.4. The van der Waals surface area contributed by atoms with Crippen LogP contribution in [0.15, 0.2) is 22.7 Å². The van der Waals surface area contributed by atoms with E-state index in [1.807, 2.05) is 6.92 Å². The molecule has 0 fully saturated rings. The molecular formula is C27H36F3N5O6. The Hall–Kier alpha value is -3.81. The highest BCUT2D eigenvalue weighted by molar-refractivity contribution is 5.91. The van der Waals surface area contributed by atoms with Crippen LogP contribution in [0.2, 0.25) is 0 Å². The van der Waals surface area contributed by atoms with Gasteiger partial charge in [0.2, 0.25) is 11.8 Å². The number of rotatable bonds is 8. The number of aliphatic hydroxyl groups is 1. The molecule has 0 saturated carbocycles. The number of alkyl halides is 3. The number of aliphatic hydroxyl groups excluding tert-OH is 1. The maximum atomic E-state index is 13.3. The largest absolute Gasteiger partial charge is 0.488 e. The van der Waals surface area contributed by atoms with Crippen LogP contribution in [0.1, 0.15) is 43.7 Å². The summed E-state index contributed by atoms with van der Waals surface area (Å²) in [7, 11) is 1.59. The molecular weight excluding hydrogens is 547 g/mol. The van der Waals surface area contributed by atoms with Crippen molar-refractivity contribution < 1.29 is 41.9 Å². The Labute approximate surface area is 236 Å². The summed E-state index contributed by atoms with van der Waals surface area (Å²) in [5, 5.41) is 18.8. The number of hydrogen-bond acceptors (Lipinski definition) is 7. The normalized spacial score (nSPS) is 18.4. The van der Waals surface area contributed by atoms with Gasteiger partial charge in [-0.15, -0.1) is 0 Å². The highest BCUT2D eigenvalue weighted by atomic mass is 19.4. The summed E-state index contributed by atoms with van der Waals surface area (Å²) in [5.41, 5.74) is 1.61. The topological polar surface area (TPSA) is 137 Å². The van der Waals surface area contributed by atoms with E-state index in [1.165, 1.54) is 28.0 Å². The van der Waals surface area contributed by atoms with Crippen molar-refractivity contribution in [1.29, 1.82) is 0 Å². The van der Waals surface area contributed by atoms with Crippen molar-refractivity contribution in [3.8, 4) is 5.75 Å². The van der Waals surface area contributed by atoms with Gasteiger partial charge >= 0.3 is 12.2 Å². The maximum Gasteiger partial charge on any atom is 0.389 e. The van der Waals surface area contributed by atoms with E-state index in [0.717, 1.165) is 0 Å². The summed E-state index contributed by atoms with van der Waals surface area (Å²) in [6.45, 7) is 7.05.